The lowest BCUT2D eigenvalue weighted by Crippen LogP contribution is -2.00. The van der Waals surface area contributed by atoms with Gasteiger partial charge >= 0.3 is 0 Å². The van der Waals surface area contributed by atoms with E-state index in [0.717, 1.165) is 11.8 Å². The van der Waals surface area contributed by atoms with Gasteiger partial charge in [0, 0.05) is 22.6 Å². The smallest absolute Gasteiger partial charge is 0.233 e. The van der Waals surface area contributed by atoms with Crippen molar-refractivity contribution in [2.24, 2.45) is 0 Å². The van der Waals surface area contributed by atoms with Crippen molar-refractivity contribution >= 4 is 43.1 Å². The third-order valence-corrected chi connectivity index (χ3v) is 4.44. The normalized spacial score (nSPS) is 11.1. The molecule has 4 nitrogen and oxygen atoms in total. The summed E-state index contributed by atoms with van der Waals surface area (Å²) in [7, 11) is 1.54. The maximum atomic E-state index is 10.7. The van der Waals surface area contributed by atoms with E-state index in [-0.39, 0.29) is 16.5 Å². The molecule has 0 atom stereocenters. The van der Waals surface area contributed by atoms with Crippen molar-refractivity contribution in [1.29, 1.82) is 5.26 Å². The Bertz CT molecular complexity index is 525. The minimum Gasteiger partial charge on any atom is -0.248 e. The van der Waals surface area contributed by atoms with Crippen LogP contribution in [0.25, 0.3) is 0 Å². The van der Waals surface area contributed by atoms with E-state index in [1.54, 1.807) is 0 Å². The first-order valence-corrected chi connectivity index (χ1v) is 7.88. The summed E-state index contributed by atoms with van der Waals surface area (Å²) in [5.74, 6) is 0.0709. The Labute approximate surface area is 107 Å². The number of pyridine rings is 1. The van der Waals surface area contributed by atoms with E-state index in [9.17, 15) is 8.42 Å². The molecule has 0 aliphatic heterocycles. The monoisotopic (exact) mass is 296 g/mol. The first-order chi connectivity index (χ1) is 7.44. The zero-order valence-electron chi connectivity index (χ0n) is 7.85. The summed E-state index contributed by atoms with van der Waals surface area (Å²) >= 11 is 7.02. The SMILES string of the molecule is N#Cc1ccnc(SCCS(=O)(=O)Cl)c1Cl. The quantitative estimate of drug-likeness (QED) is 0.629. The van der Waals surface area contributed by atoms with Gasteiger partial charge in [0.05, 0.1) is 16.3 Å². The molecule has 1 heterocycles. The van der Waals surface area contributed by atoms with Crippen molar-refractivity contribution in [3.05, 3.63) is 22.8 Å². The summed E-state index contributed by atoms with van der Waals surface area (Å²) in [5.41, 5.74) is 0.313. The molecule has 1 aromatic heterocycles. The molecule has 0 saturated carbocycles. The Morgan fingerprint density at radius 3 is 2.81 bits per heavy atom. The van der Waals surface area contributed by atoms with E-state index >= 15 is 0 Å². The van der Waals surface area contributed by atoms with Crippen LogP contribution in [-0.4, -0.2) is 24.9 Å². The molecule has 1 rings (SSSR count). The van der Waals surface area contributed by atoms with E-state index < -0.39 is 9.05 Å². The summed E-state index contributed by atoms with van der Waals surface area (Å²) < 4.78 is 21.4. The van der Waals surface area contributed by atoms with Gasteiger partial charge in [-0.2, -0.15) is 5.26 Å². The second-order valence-corrected chi connectivity index (χ2v) is 7.04. The average Bonchev–Trinajstić information content (AvgIpc) is 2.19. The summed E-state index contributed by atoms with van der Waals surface area (Å²) in [4.78, 5) is 3.95. The van der Waals surface area contributed by atoms with Gasteiger partial charge in [-0.15, -0.1) is 11.8 Å². The second kappa shape index (κ2) is 5.73. The number of halogens is 2. The van der Waals surface area contributed by atoms with Crippen LogP contribution >= 0.6 is 34.0 Å². The Morgan fingerprint density at radius 2 is 2.25 bits per heavy atom. The van der Waals surface area contributed by atoms with Crippen LogP contribution in [0.5, 0.6) is 0 Å². The van der Waals surface area contributed by atoms with Crippen LogP contribution in [0.15, 0.2) is 17.3 Å². The third kappa shape index (κ3) is 4.18. The van der Waals surface area contributed by atoms with Crippen LogP contribution in [-0.2, 0) is 9.05 Å². The first-order valence-electron chi connectivity index (χ1n) is 4.04. The van der Waals surface area contributed by atoms with Crippen molar-refractivity contribution in [3.63, 3.8) is 0 Å². The first kappa shape index (κ1) is 13.6. The predicted octanol–water partition coefficient (Wildman–Crippen LogP) is 2.27. The number of hydrogen-bond donors (Lipinski definition) is 0. The van der Waals surface area contributed by atoms with Gasteiger partial charge in [0.25, 0.3) is 0 Å². The molecular formula is C8H6Cl2N2O2S2. The number of aromatic nitrogens is 1. The van der Waals surface area contributed by atoms with E-state index in [1.165, 1.54) is 12.3 Å². The molecule has 0 fully saturated rings. The minimum atomic E-state index is -3.51. The van der Waals surface area contributed by atoms with Crippen LogP contribution < -0.4 is 0 Å². The van der Waals surface area contributed by atoms with E-state index in [0.29, 0.717) is 10.6 Å². The summed E-state index contributed by atoms with van der Waals surface area (Å²) in [6, 6.07) is 3.40. The van der Waals surface area contributed by atoms with E-state index in [1.807, 2.05) is 6.07 Å². The van der Waals surface area contributed by atoms with E-state index in [4.69, 9.17) is 27.5 Å². The molecule has 0 radical (unpaired) electrons. The van der Waals surface area contributed by atoms with Gasteiger partial charge in [0.2, 0.25) is 9.05 Å². The zero-order chi connectivity index (χ0) is 12.2. The molecule has 0 unspecified atom stereocenters. The largest absolute Gasteiger partial charge is 0.248 e. The maximum absolute atomic E-state index is 10.7. The second-order valence-electron chi connectivity index (χ2n) is 2.68. The van der Waals surface area contributed by atoms with Gasteiger partial charge in [-0.05, 0) is 6.07 Å². The summed E-state index contributed by atoms with van der Waals surface area (Å²) in [6.45, 7) is 0. The molecule has 0 aliphatic carbocycles. The van der Waals surface area contributed by atoms with Gasteiger partial charge in [-0.25, -0.2) is 13.4 Å². The van der Waals surface area contributed by atoms with Crippen molar-refractivity contribution in [2.75, 3.05) is 11.5 Å². The standard InChI is InChI=1S/C8H6Cl2N2O2S2/c9-7-6(5-11)1-2-12-8(7)15-3-4-16(10,13)14/h1-2H,3-4H2. The van der Waals surface area contributed by atoms with Crippen LogP contribution in [0.4, 0.5) is 0 Å². The Kier molecular flexibility index (Phi) is 4.87. The molecule has 86 valence electrons. The minimum absolute atomic E-state index is 0.173. The molecular weight excluding hydrogens is 291 g/mol. The predicted molar refractivity (Wildman–Crippen MR) is 64.3 cm³/mol. The number of nitriles is 1. The molecule has 0 saturated heterocycles. The van der Waals surface area contributed by atoms with Crippen LogP contribution in [0, 0.1) is 11.3 Å². The van der Waals surface area contributed by atoms with Crippen molar-refractivity contribution in [3.8, 4) is 6.07 Å². The average molecular weight is 297 g/mol. The Hall–Kier alpha value is -0.480. The third-order valence-electron chi connectivity index (χ3n) is 1.54. The fourth-order valence-electron chi connectivity index (χ4n) is 0.849. The summed E-state index contributed by atoms with van der Waals surface area (Å²) in [6.07, 6.45) is 1.45. The Morgan fingerprint density at radius 1 is 1.56 bits per heavy atom. The van der Waals surface area contributed by atoms with Gasteiger partial charge in [0.15, 0.2) is 0 Å². The zero-order valence-corrected chi connectivity index (χ0v) is 11.0. The highest BCUT2D eigenvalue weighted by molar-refractivity contribution is 8.14. The highest BCUT2D eigenvalue weighted by Gasteiger charge is 2.10. The van der Waals surface area contributed by atoms with Crippen LogP contribution in [0.2, 0.25) is 5.02 Å². The molecule has 0 N–H and O–H groups in total. The molecule has 16 heavy (non-hydrogen) atoms. The number of hydrogen-bond acceptors (Lipinski definition) is 5. The lowest BCUT2D eigenvalue weighted by Gasteiger charge is -2.02. The van der Waals surface area contributed by atoms with Crippen molar-refractivity contribution in [2.45, 2.75) is 5.03 Å². The van der Waals surface area contributed by atoms with Crippen molar-refractivity contribution in [1.82, 2.24) is 4.98 Å². The molecule has 0 spiro atoms. The fraction of sp³-hybridized carbons (Fsp3) is 0.250. The highest BCUT2D eigenvalue weighted by Crippen LogP contribution is 2.27. The summed E-state index contributed by atoms with van der Waals surface area (Å²) in [5, 5.41) is 9.38. The van der Waals surface area contributed by atoms with E-state index in [2.05, 4.69) is 4.98 Å². The fourth-order valence-corrected chi connectivity index (χ4v) is 3.43. The van der Waals surface area contributed by atoms with Gasteiger partial charge in [0.1, 0.15) is 11.1 Å². The number of rotatable bonds is 4. The lowest BCUT2D eigenvalue weighted by molar-refractivity contribution is 0.611. The molecule has 8 heteroatoms. The van der Waals surface area contributed by atoms with Gasteiger partial charge < -0.3 is 0 Å². The number of nitrogens with zero attached hydrogens (tertiary/aromatic N) is 2. The maximum Gasteiger partial charge on any atom is 0.233 e. The molecule has 0 aliphatic rings. The molecule has 0 aromatic carbocycles. The molecule has 0 bridgehead atoms. The topological polar surface area (TPSA) is 70.8 Å². The molecule has 1 aromatic rings. The molecule has 0 amide bonds. The van der Waals surface area contributed by atoms with Gasteiger partial charge in [-0.1, -0.05) is 11.6 Å². The highest BCUT2D eigenvalue weighted by atomic mass is 35.7. The lowest BCUT2D eigenvalue weighted by atomic mass is 10.3. The Balaban J connectivity index is 2.73. The number of thioether (sulfide) groups is 1. The van der Waals surface area contributed by atoms with Crippen molar-refractivity contribution < 1.29 is 8.42 Å². The van der Waals surface area contributed by atoms with Crippen LogP contribution in [0.3, 0.4) is 0 Å². The van der Waals surface area contributed by atoms with Crippen LogP contribution in [0.1, 0.15) is 5.56 Å². The van der Waals surface area contributed by atoms with Gasteiger partial charge in [-0.3, -0.25) is 0 Å².